The Labute approximate surface area is 215 Å². The second-order valence-corrected chi connectivity index (χ2v) is 9.37. The highest BCUT2D eigenvalue weighted by Gasteiger charge is 2.20. The number of unbranched alkanes of at least 4 members (excludes halogenated alkanes) is 5. The molecule has 2 aromatic carbocycles. The van der Waals surface area contributed by atoms with E-state index in [0.29, 0.717) is 24.5 Å². The summed E-state index contributed by atoms with van der Waals surface area (Å²) in [5.74, 6) is -1.36. The van der Waals surface area contributed by atoms with Gasteiger partial charge in [0, 0.05) is 5.69 Å². The molecule has 0 atom stereocenters. The van der Waals surface area contributed by atoms with Gasteiger partial charge in [-0.2, -0.15) is 0 Å². The first-order chi connectivity index (χ1) is 17.3. The molecule has 6 nitrogen and oxygen atoms in total. The lowest BCUT2D eigenvalue weighted by Crippen LogP contribution is -2.46. The number of hydrogen-bond donors (Lipinski definition) is 1. The van der Waals surface area contributed by atoms with Crippen LogP contribution >= 0.6 is 0 Å². The van der Waals surface area contributed by atoms with Gasteiger partial charge in [0.05, 0.1) is 37.9 Å². The van der Waals surface area contributed by atoms with Crippen LogP contribution in [0.5, 0.6) is 5.75 Å². The third-order valence-corrected chi connectivity index (χ3v) is 6.73. The predicted octanol–water partition coefficient (Wildman–Crippen LogP) is 6.46. The van der Waals surface area contributed by atoms with Crippen molar-refractivity contribution in [3.63, 3.8) is 0 Å². The Morgan fingerprint density at radius 2 is 1.58 bits per heavy atom. The Kier molecular flexibility index (Phi) is 12.4. The van der Waals surface area contributed by atoms with Crippen LogP contribution in [0, 0.1) is 5.82 Å². The van der Waals surface area contributed by atoms with Gasteiger partial charge in [0.15, 0.2) is 0 Å². The van der Waals surface area contributed by atoms with Gasteiger partial charge in [-0.25, -0.2) is 9.18 Å². The number of quaternary nitrogens is 1. The van der Waals surface area contributed by atoms with Gasteiger partial charge in [0.25, 0.3) is 5.91 Å². The first-order valence-corrected chi connectivity index (χ1v) is 13.2. The Bertz CT molecular complexity index is 975. The molecular formula is C29H42FN2O4+. The standard InChI is InChI=1S/C29H41FN2O4/c1-5-8-9-10-11-14-20-35-27-16-13-12-15-25(27)28(33)31-23-17-18-24(26(30)22-23)29(34)36-21-19-32(4,6-2)7-3/h12-13,15-18,22H,5-11,14,19-21H2,1-4H3/p+1. The van der Waals surface area contributed by atoms with Crippen molar-refractivity contribution < 1.29 is 27.9 Å². The minimum atomic E-state index is -0.742. The van der Waals surface area contributed by atoms with Crippen LogP contribution in [-0.4, -0.2) is 56.3 Å². The van der Waals surface area contributed by atoms with Gasteiger partial charge < -0.3 is 19.3 Å². The minimum absolute atomic E-state index is 0.155. The number of carbonyl (C=O) groups is 2. The van der Waals surface area contributed by atoms with Crippen molar-refractivity contribution >= 4 is 17.6 Å². The monoisotopic (exact) mass is 501 g/mol. The summed E-state index contributed by atoms with van der Waals surface area (Å²) >= 11 is 0. The molecule has 0 aliphatic heterocycles. The zero-order chi connectivity index (χ0) is 26.4. The summed E-state index contributed by atoms with van der Waals surface area (Å²) in [6.45, 7) is 9.61. The number of hydrogen-bond acceptors (Lipinski definition) is 4. The molecule has 2 rings (SSSR count). The quantitative estimate of drug-likeness (QED) is 0.163. The van der Waals surface area contributed by atoms with E-state index in [1.807, 2.05) is 6.07 Å². The number of esters is 1. The summed E-state index contributed by atoms with van der Waals surface area (Å²) in [5.41, 5.74) is 0.472. The number of benzene rings is 2. The zero-order valence-corrected chi connectivity index (χ0v) is 22.3. The van der Waals surface area contributed by atoms with E-state index in [1.165, 1.54) is 37.8 Å². The summed E-state index contributed by atoms with van der Waals surface area (Å²) in [7, 11) is 2.09. The molecule has 2 aromatic rings. The van der Waals surface area contributed by atoms with E-state index in [-0.39, 0.29) is 17.9 Å². The molecule has 0 unspecified atom stereocenters. The van der Waals surface area contributed by atoms with E-state index in [1.54, 1.807) is 18.2 Å². The minimum Gasteiger partial charge on any atom is -0.493 e. The number of nitrogens with zero attached hydrogens (tertiary/aromatic N) is 1. The van der Waals surface area contributed by atoms with Crippen molar-refractivity contribution in [3.05, 3.63) is 59.4 Å². The van der Waals surface area contributed by atoms with Crippen LogP contribution in [0.25, 0.3) is 0 Å². The van der Waals surface area contributed by atoms with E-state index in [2.05, 4.69) is 33.1 Å². The number of halogens is 1. The molecule has 198 valence electrons. The number of para-hydroxylation sites is 1. The van der Waals surface area contributed by atoms with Crippen LogP contribution in [0.1, 0.15) is 80.0 Å². The van der Waals surface area contributed by atoms with E-state index in [4.69, 9.17) is 9.47 Å². The molecule has 0 saturated heterocycles. The lowest BCUT2D eigenvalue weighted by Gasteiger charge is -2.31. The normalized spacial score (nSPS) is 11.2. The molecule has 0 bridgehead atoms. The largest absolute Gasteiger partial charge is 0.493 e. The number of anilines is 1. The fourth-order valence-corrected chi connectivity index (χ4v) is 3.78. The van der Waals surface area contributed by atoms with Gasteiger partial charge in [-0.1, -0.05) is 51.2 Å². The van der Waals surface area contributed by atoms with Crippen LogP contribution in [0.2, 0.25) is 0 Å². The fourth-order valence-electron chi connectivity index (χ4n) is 3.78. The lowest BCUT2D eigenvalue weighted by molar-refractivity contribution is -0.906. The fraction of sp³-hybridized carbons (Fsp3) is 0.517. The molecule has 0 aliphatic carbocycles. The molecule has 0 saturated carbocycles. The van der Waals surface area contributed by atoms with E-state index < -0.39 is 17.7 Å². The van der Waals surface area contributed by atoms with Crippen LogP contribution in [0.15, 0.2) is 42.5 Å². The van der Waals surface area contributed by atoms with E-state index >= 15 is 0 Å². The number of likely N-dealkylation sites (N-methyl/N-ethyl adjacent to an activating group) is 1. The topological polar surface area (TPSA) is 64.6 Å². The van der Waals surface area contributed by atoms with Crippen molar-refractivity contribution in [2.24, 2.45) is 0 Å². The lowest BCUT2D eigenvalue weighted by atomic mass is 10.1. The third-order valence-electron chi connectivity index (χ3n) is 6.73. The molecule has 0 heterocycles. The molecule has 0 fully saturated rings. The number of nitrogens with one attached hydrogen (secondary N) is 1. The smallest absolute Gasteiger partial charge is 0.341 e. The van der Waals surface area contributed by atoms with Crippen LogP contribution in [0.3, 0.4) is 0 Å². The van der Waals surface area contributed by atoms with Crippen LogP contribution in [-0.2, 0) is 4.74 Å². The zero-order valence-electron chi connectivity index (χ0n) is 22.3. The number of amides is 1. The van der Waals surface area contributed by atoms with Gasteiger partial charge in [0.2, 0.25) is 0 Å². The molecule has 0 spiro atoms. The van der Waals surface area contributed by atoms with Crippen molar-refractivity contribution in [2.45, 2.75) is 59.3 Å². The van der Waals surface area contributed by atoms with Gasteiger partial charge in [-0.15, -0.1) is 0 Å². The average molecular weight is 502 g/mol. The van der Waals surface area contributed by atoms with E-state index in [0.717, 1.165) is 36.5 Å². The van der Waals surface area contributed by atoms with Crippen molar-refractivity contribution in [2.75, 3.05) is 45.2 Å². The third kappa shape index (κ3) is 9.26. The average Bonchev–Trinajstić information content (AvgIpc) is 2.88. The maximum atomic E-state index is 14.7. The Balaban J connectivity index is 1.92. The molecule has 1 N–H and O–H groups in total. The summed E-state index contributed by atoms with van der Waals surface area (Å²) in [5, 5.41) is 2.70. The van der Waals surface area contributed by atoms with Crippen molar-refractivity contribution in [1.29, 1.82) is 0 Å². The Hall–Kier alpha value is -2.93. The molecule has 0 aromatic heterocycles. The second-order valence-electron chi connectivity index (χ2n) is 9.37. The van der Waals surface area contributed by atoms with Crippen molar-refractivity contribution in [1.82, 2.24) is 0 Å². The predicted molar refractivity (Wildman–Crippen MR) is 142 cm³/mol. The first kappa shape index (κ1) is 29.3. The number of carbonyl (C=O) groups excluding carboxylic acids is 2. The molecule has 1 amide bonds. The molecule has 0 aliphatic rings. The van der Waals surface area contributed by atoms with E-state index in [9.17, 15) is 14.0 Å². The summed E-state index contributed by atoms with van der Waals surface area (Å²) < 4.78 is 26.6. The molecule has 7 heteroatoms. The Morgan fingerprint density at radius 3 is 2.28 bits per heavy atom. The van der Waals surface area contributed by atoms with Crippen LogP contribution < -0.4 is 10.1 Å². The summed E-state index contributed by atoms with van der Waals surface area (Å²) in [6.07, 6.45) is 6.91. The van der Waals surface area contributed by atoms with Gasteiger partial charge in [0.1, 0.15) is 24.7 Å². The van der Waals surface area contributed by atoms with Crippen molar-refractivity contribution in [3.8, 4) is 5.75 Å². The molecular weight excluding hydrogens is 459 g/mol. The number of rotatable bonds is 16. The van der Waals surface area contributed by atoms with Gasteiger partial charge in [-0.05, 0) is 50.6 Å². The van der Waals surface area contributed by atoms with Crippen LogP contribution in [0.4, 0.5) is 10.1 Å². The highest BCUT2D eigenvalue weighted by molar-refractivity contribution is 6.06. The number of ether oxygens (including phenoxy) is 2. The highest BCUT2D eigenvalue weighted by atomic mass is 19.1. The first-order valence-electron chi connectivity index (χ1n) is 13.2. The second kappa shape index (κ2) is 15.2. The maximum Gasteiger partial charge on any atom is 0.341 e. The highest BCUT2D eigenvalue weighted by Crippen LogP contribution is 2.22. The Morgan fingerprint density at radius 1 is 0.889 bits per heavy atom. The summed E-state index contributed by atoms with van der Waals surface area (Å²) in [6, 6.07) is 11.0. The summed E-state index contributed by atoms with van der Waals surface area (Å²) in [4.78, 5) is 25.2. The molecule has 0 radical (unpaired) electrons. The maximum absolute atomic E-state index is 14.7. The SMILES string of the molecule is CCCCCCCCOc1ccccc1C(=O)Nc1ccc(C(=O)OCC[N+](C)(CC)CC)c(F)c1. The van der Waals surface area contributed by atoms with Gasteiger partial charge >= 0.3 is 5.97 Å². The molecule has 36 heavy (non-hydrogen) atoms. The van der Waals surface area contributed by atoms with Gasteiger partial charge in [-0.3, -0.25) is 4.79 Å².